The predicted octanol–water partition coefficient (Wildman–Crippen LogP) is 3.43. The van der Waals surface area contributed by atoms with Crippen molar-refractivity contribution in [2.45, 2.75) is 6.42 Å². The topological polar surface area (TPSA) is 67.5 Å². The van der Waals surface area contributed by atoms with E-state index in [9.17, 15) is 14.0 Å². The zero-order valence-corrected chi connectivity index (χ0v) is 11.4. The number of carboxylic acids is 1. The lowest BCUT2D eigenvalue weighted by Gasteiger charge is -2.05. The van der Waals surface area contributed by atoms with E-state index in [0.29, 0.717) is 22.1 Å². The second-order valence-electron chi connectivity index (χ2n) is 4.89. The molecular formula is C17H11FO4. The summed E-state index contributed by atoms with van der Waals surface area (Å²) in [5.41, 5.74) is 1.48. The molecule has 0 unspecified atom stereocenters. The second kappa shape index (κ2) is 5.44. The van der Waals surface area contributed by atoms with E-state index in [1.165, 1.54) is 36.6 Å². The van der Waals surface area contributed by atoms with Crippen LogP contribution in [-0.2, 0) is 11.2 Å². The molecule has 3 rings (SSSR count). The molecule has 0 atom stereocenters. The average Bonchev–Trinajstić information content (AvgIpc) is 2.94. The third-order valence-corrected chi connectivity index (χ3v) is 3.32. The van der Waals surface area contributed by atoms with Gasteiger partial charge < -0.3 is 9.52 Å². The van der Waals surface area contributed by atoms with E-state index in [0.717, 1.165) is 0 Å². The van der Waals surface area contributed by atoms with Crippen molar-refractivity contribution in [2.24, 2.45) is 0 Å². The summed E-state index contributed by atoms with van der Waals surface area (Å²) in [6.45, 7) is 0. The maximum atomic E-state index is 13.0. The highest BCUT2D eigenvalue weighted by molar-refractivity contribution is 6.15. The fourth-order valence-electron chi connectivity index (χ4n) is 2.35. The van der Waals surface area contributed by atoms with Gasteiger partial charge in [-0.15, -0.1) is 0 Å². The molecule has 5 heteroatoms. The Morgan fingerprint density at radius 1 is 1.09 bits per heavy atom. The van der Waals surface area contributed by atoms with Crippen LogP contribution >= 0.6 is 0 Å². The van der Waals surface area contributed by atoms with Crippen molar-refractivity contribution in [3.8, 4) is 0 Å². The van der Waals surface area contributed by atoms with Crippen LogP contribution in [0.2, 0.25) is 0 Å². The Balaban J connectivity index is 2.11. The molecule has 0 spiro atoms. The molecule has 3 aromatic rings. The zero-order chi connectivity index (χ0) is 15.7. The Bertz CT molecular complexity index is 862. The molecule has 0 amide bonds. The van der Waals surface area contributed by atoms with Crippen LogP contribution in [0.15, 0.2) is 53.1 Å². The SMILES string of the molecule is O=C(O)Cc1cc(C(=O)c2ccc(F)cc2)c2occc2c1. The van der Waals surface area contributed by atoms with Gasteiger partial charge in [-0.2, -0.15) is 0 Å². The van der Waals surface area contributed by atoms with Gasteiger partial charge in [-0.05, 0) is 48.0 Å². The number of carbonyl (C=O) groups is 2. The molecule has 0 aliphatic carbocycles. The number of furan rings is 1. The van der Waals surface area contributed by atoms with Gasteiger partial charge in [0.2, 0.25) is 0 Å². The Labute approximate surface area is 124 Å². The standard InChI is InChI=1S/C17H11FO4/c18-13-3-1-11(2-4-13)16(21)14-8-10(9-15(19)20)7-12-5-6-22-17(12)14/h1-8H,9H2,(H,19,20). The van der Waals surface area contributed by atoms with Crippen LogP contribution in [0.25, 0.3) is 11.0 Å². The van der Waals surface area contributed by atoms with Crippen molar-refractivity contribution < 1.29 is 23.5 Å². The second-order valence-corrected chi connectivity index (χ2v) is 4.89. The summed E-state index contributed by atoms with van der Waals surface area (Å²) in [7, 11) is 0. The summed E-state index contributed by atoms with van der Waals surface area (Å²) in [6.07, 6.45) is 1.25. The molecule has 0 aliphatic heterocycles. The quantitative estimate of drug-likeness (QED) is 0.749. The summed E-state index contributed by atoms with van der Waals surface area (Å²) in [6, 6.07) is 10.0. The van der Waals surface area contributed by atoms with E-state index in [4.69, 9.17) is 9.52 Å². The lowest BCUT2D eigenvalue weighted by Crippen LogP contribution is -2.05. The van der Waals surface area contributed by atoms with E-state index in [-0.39, 0.29) is 17.8 Å². The molecule has 1 aromatic heterocycles. The minimum Gasteiger partial charge on any atom is -0.481 e. The van der Waals surface area contributed by atoms with Crippen molar-refractivity contribution in [3.63, 3.8) is 0 Å². The summed E-state index contributed by atoms with van der Waals surface area (Å²) in [5.74, 6) is -1.76. The first kappa shape index (κ1) is 14.0. The number of carboxylic acid groups (broad SMARTS) is 1. The van der Waals surface area contributed by atoms with Gasteiger partial charge in [0.05, 0.1) is 18.2 Å². The molecule has 0 saturated heterocycles. The highest BCUT2D eigenvalue weighted by Crippen LogP contribution is 2.25. The first-order chi connectivity index (χ1) is 10.5. The molecule has 0 saturated carbocycles. The average molecular weight is 298 g/mol. The maximum Gasteiger partial charge on any atom is 0.307 e. The Hall–Kier alpha value is -2.95. The summed E-state index contributed by atoms with van der Waals surface area (Å²) in [5, 5.41) is 9.57. The van der Waals surface area contributed by atoms with Crippen LogP contribution < -0.4 is 0 Å². The molecule has 110 valence electrons. The number of halogens is 1. The molecule has 1 N–H and O–H groups in total. The van der Waals surface area contributed by atoms with Crippen molar-refractivity contribution >= 4 is 22.7 Å². The van der Waals surface area contributed by atoms with E-state index >= 15 is 0 Å². The highest BCUT2D eigenvalue weighted by Gasteiger charge is 2.17. The Kier molecular flexibility index (Phi) is 3.47. The van der Waals surface area contributed by atoms with E-state index in [2.05, 4.69) is 0 Å². The fourth-order valence-corrected chi connectivity index (χ4v) is 2.35. The van der Waals surface area contributed by atoms with E-state index in [1.807, 2.05) is 0 Å². The monoisotopic (exact) mass is 298 g/mol. The number of ketones is 1. The number of hydrogen-bond acceptors (Lipinski definition) is 3. The van der Waals surface area contributed by atoms with Gasteiger partial charge in [-0.1, -0.05) is 0 Å². The lowest BCUT2D eigenvalue weighted by molar-refractivity contribution is -0.136. The van der Waals surface area contributed by atoms with Crippen LogP contribution in [0.1, 0.15) is 21.5 Å². The van der Waals surface area contributed by atoms with Crippen LogP contribution in [-0.4, -0.2) is 16.9 Å². The predicted molar refractivity (Wildman–Crippen MR) is 77.4 cm³/mol. The lowest BCUT2D eigenvalue weighted by atomic mass is 9.98. The van der Waals surface area contributed by atoms with Crippen LogP contribution in [0.3, 0.4) is 0 Å². The number of carbonyl (C=O) groups excluding carboxylic acids is 1. The third kappa shape index (κ3) is 2.61. The molecule has 2 aromatic carbocycles. The molecule has 0 fully saturated rings. The smallest absolute Gasteiger partial charge is 0.307 e. The van der Waals surface area contributed by atoms with Gasteiger partial charge in [-0.25, -0.2) is 4.39 Å². The Morgan fingerprint density at radius 3 is 2.50 bits per heavy atom. The van der Waals surface area contributed by atoms with Gasteiger partial charge in [0.25, 0.3) is 0 Å². The number of rotatable bonds is 4. The molecule has 0 bridgehead atoms. The highest BCUT2D eigenvalue weighted by atomic mass is 19.1. The summed E-state index contributed by atoms with van der Waals surface area (Å²) < 4.78 is 18.3. The van der Waals surface area contributed by atoms with Gasteiger partial charge in [0.15, 0.2) is 5.78 Å². The molecule has 1 heterocycles. The largest absolute Gasteiger partial charge is 0.481 e. The summed E-state index contributed by atoms with van der Waals surface area (Å²) in [4.78, 5) is 23.5. The normalized spacial score (nSPS) is 10.8. The molecule has 22 heavy (non-hydrogen) atoms. The summed E-state index contributed by atoms with van der Waals surface area (Å²) >= 11 is 0. The van der Waals surface area contributed by atoms with Gasteiger partial charge in [-0.3, -0.25) is 9.59 Å². The van der Waals surface area contributed by atoms with Gasteiger partial charge >= 0.3 is 5.97 Å². The van der Waals surface area contributed by atoms with Crippen molar-refractivity contribution in [1.82, 2.24) is 0 Å². The van der Waals surface area contributed by atoms with Gasteiger partial charge in [0, 0.05) is 10.9 Å². The van der Waals surface area contributed by atoms with Crippen LogP contribution in [0.4, 0.5) is 4.39 Å². The molecule has 4 nitrogen and oxygen atoms in total. The number of benzene rings is 2. The number of aliphatic carboxylic acids is 1. The number of hydrogen-bond donors (Lipinski definition) is 1. The van der Waals surface area contributed by atoms with Crippen LogP contribution in [0.5, 0.6) is 0 Å². The molecule has 0 aliphatic rings. The van der Waals surface area contributed by atoms with Crippen molar-refractivity contribution in [1.29, 1.82) is 0 Å². The zero-order valence-electron chi connectivity index (χ0n) is 11.4. The molecule has 0 radical (unpaired) electrons. The van der Waals surface area contributed by atoms with Crippen molar-refractivity contribution in [3.05, 3.63) is 71.2 Å². The van der Waals surface area contributed by atoms with E-state index < -0.39 is 11.8 Å². The van der Waals surface area contributed by atoms with E-state index in [1.54, 1.807) is 12.1 Å². The Morgan fingerprint density at radius 2 is 1.82 bits per heavy atom. The van der Waals surface area contributed by atoms with Crippen molar-refractivity contribution in [2.75, 3.05) is 0 Å². The minimum atomic E-state index is -0.983. The minimum absolute atomic E-state index is 0.190. The number of fused-ring (bicyclic) bond motifs is 1. The van der Waals surface area contributed by atoms with Crippen LogP contribution in [0, 0.1) is 5.82 Å². The van der Waals surface area contributed by atoms with Gasteiger partial charge in [0.1, 0.15) is 11.4 Å². The third-order valence-electron chi connectivity index (χ3n) is 3.32. The maximum absolute atomic E-state index is 13.0. The molecular weight excluding hydrogens is 287 g/mol. The first-order valence-corrected chi connectivity index (χ1v) is 6.57. The first-order valence-electron chi connectivity index (χ1n) is 6.57. The fraction of sp³-hybridized carbons (Fsp3) is 0.0588.